The zero-order valence-corrected chi connectivity index (χ0v) is 33.2. The number of fused-ring (bicyclic) bond motifs is 3. The van der Waals surface area contributed by atoms with Crippen LogP contribution in [-0.2, 0) is 0 Å². The maximum absolute atomic E-state index is 5.54. The summed E-state index contributed by atoms with van der Waals surface area (Å²) in [5.41, 5.74) is 16.8. The lowest BCUT2D eigenvalue weighted by Gasteiger charge is -2.16. The second-order valence-electron chi connectivity index (χ2n) is 14.9. The summed E-state index contributed by atoms with van der Waals surface area (Å²) in [6, 6.07) is 58.4. The number of hydrogen-bond donors (Lipinski definition) is 0. The minimum absolute atomic E-state index is 0.793. The van der Waals surface area contributed by atoms with Gasteiger partial charge in [-0.3, -0.25) is 9.97 Å². The lowest BCUT2D eigenvalue weighted by atomic mass is 9.92. The second kappa shape index (κ2) is 15.9. The van der Waals surface area contributed by atoms with Crippen LogP contribution in [0.2, 0.25) is 0 Å². The Morgan fingerprint density at radius 3 is 1.00 bits per heavy atom. The predicted octanol–water partition coefficient (Wildman–Crippen LogP) is 12.5. The summed E-state index contributed by atoms with van der Waals surface area (Å²) in [5.74, 6) is 0. The van der Waals surface area contributed by atoms with Gasteiger partial charge < -0.3 is 0 Å². The Balaban J connectivity index is 1.19. The lowest BCUT2D eigenvalue weighted by Crippen LogP contribution is -1.96. The van der Waals surface area contributed by atoms with Crippen LogP contribution in [0.1, 0.15) is 0 Å². The summed E-state index contributed by atoms with van der Waals surface area (Å²) in [7, 11) is 0. The molecule has 290 valence electrons. The molecule has 0 aliphatic heterocycles. The predicted molar refractivity (Wildman–Crippen MR) is 247 cm³/mol. The number of aromatic nitrogens is 8. The van der Waals surface area contributed by atoms with E-state index in [4.69, 9.17) is 9.97 Å². The molecule has 0 aliphatic carbocycles. The minimum Gasteiger partial charge on any atom is -0.256 e. The second-order valence-corrected chi connectivity index (χ2v) is 14.9. The summed E-state index contributed by atoms with van der Waals surface area (Å²) in [6.45, 7) is 0. The van der Waals surface area contributed by atoms with Gasteiger partial charge in [0, 0.05) is 68.9 Å². The van der Waals surface area contributed by atoms with E-state index in [2.05, 4.69) is 151 Å². The molecule has 8 nitrogen and oxygen atoms in total. The van der Waals surface area contributed by atoms with Gasteiger partial charge in [-0.05, 0) is 95.1 Å². The van der Waals surface area contributed by atoms with Crippen molar-refractivity contribution in [3.63, 3.8) is 0 Å². The topological polar surface area (TPSA) is 103 Å². The average molecular weight is 795 g/mol. The Bertz CT molecular complexity index is 3170. The monoisotopic (exact) mass is 794 g/mol. The van der Waals surface area contributed by atoms with Gasteiger partial charge in [-0.2, -0.15) is 0 Å². The molecular formula is C54H34N8. The van der Waals surface area contributed by atoms with Gasteiger partial charge in [-0.15, -0.1) is 0 Å². The SMILES string of the molecule is c1ccc(-c2cccc(-c3cc(-c4cccc(-c5ccncn5)c4)c4ccc5c(-c6cccc(-c7ccncn7)c6)cc(-c6cccc(-c7ccccn7)c6)nc5c4n3)c2)nc1. The largest absolute Gasteiger partial charge is 0.256 e. The van der Waals surface area contributed by atoms with Crippen LogP contribution in [-0.4, -0.2) is 39.9 Å². The molecule has 0 radical (unpaired) electrons. The molecule has 0 fully saturated rings. The number of nitrogens with zero attached hydrogens (tertiary/aromatic N) is 8. The van der Waals surface area contributed by atoms with Crippen LogP contribution in [0.25, 0.3) is 112 Å². The molecule has 0 saturated heterocycles. The summed E-state index contributed by atoms with van der Waals surface area (Å²) in [5, 5.41) is 1.96. The molecule has 6 aromatic heterocycles. The highest BCUT2D eigenvalue weighted by atomic mass is 14.8. The van der Waals surface area contributed by atoms with Crippen molar-refractivity contribution in [2.45, 2.75) is 0 Å². The summed E-state index contributed by atoms with van der Waals surface area (Å²) in [4.78, 5) is 37.8. The molecule has 5 aromatic carbocycles. The number of benzene rings is 5. The van der Waals surface area contributed by atoms with E-state index < -0.39 is 0 Å². The highest BCUT2D eigenvalue weighted by Gasteiger charge is 2.19. The third-order valence-electron chi connectivity index (χ3n) is 11.1. The van der Waals surface area contributed by atoms with Crippen molar-refractivity contribution in [1.82, 2.24) is 39.9 Å². The van der Waals surface area contributed by atoms with Gasteiger partial charge in [0.1, 0.15) is 12.7 Å². The van der Waals surface area contributed by atoms with Crippen LogP contribution in [0, 0.1) is 0 Å². The Morgan fingerprint density at radius 1 is 0.258 bits per heavy atom. The molecule has 0 atom stereocenters. The first-order valence-electron chi connectivity index (χ1n) is 20.3. The van der Waals surface area contributed by atoms with Crippen molar-refractivity contribution < 1.29 is 0 Å². The van der Waals surface area contributed by atoms with Crippen LogP contribution >= 0.6 is 0 Å². The van der Waals surface area contributed by atoms with Gasteiger partial charge in [0.05, 0.1) is 45.2 Å². The van der Waals surface area contributed by atoms with Gasteiger partial charge >= 0.3 is 0 Å². The highest BCUT2D eigenvalue weighted by molar-refractivity contribution is 6.13. The number of hydrogen-bond acceptors (Lipinski definition) is 8. The number of pyridine rings is 4. The van der Waals surface area contributed by atoms with Crippen molar-refractivity contribution >= 4 is 21.8 Å². The molecule has 11 rings (SSSR count). The molecule has 0 amide bonds. The third kappa shape index (κ3) is 7.01. The zero-order valence-electron chi connectivity index (χ0n) is 33.2. The molecule has 0 aliphatic rings. The van der Waals surface area contributed by atoms with Crippen molar-refractivity contribution in [2.24, 2.45) is 0 Å². The van der Waals surface area contributed by atoms with E-state index in [0.29, 0.717) is 0 Å². The Hall–Kier alpha value is -8.62. The van der Waals surface area contributed by atoms with Crippen molar-refractivity contribution in [3.05, 3.63) is 207 Å². The van der Waals surface area contributed by atoms with E-state index in [9.17, 15) is 0 Å². The van der Waals surface area contributed by atoms with Gasteiger partial charge in [0.2, 0.25) is 0 Å². The molecular weight excluding hydrogens is 761 g/mol. The van der Waals surface area contributed by atoms with Crippen LogP contribution in [0.3, 0.4) is 0 Å². The maximum atomic E-state index is 5.54. The highest BCUT2D eigenvalue weighted by Crippen LogP contribution is 2.41. The van der Waals surface area contributed by atoms with Crippen molar-refractivity contribution in [3.8, 4) is 89.8 Å². The molecule has 0 N–H and O–H groups in total. The van der Waals surface area contributed by atoms with Crippen LogP contribution in [0.5, 0.6) is 0 Å². The Morgan fingerprint density at radius 2 is 0.629 bits per heavy atom. The smallest absolute Gasteiger partial charge is 0.116 e. The van der Waals surface area contributed by atoms with Gasteiger partial charge in [-0.25, -0.2) is 29.9 Å². The fraction of sp³-hybridized carbons (Fsp3) is 0. The van der Waals surface area contributed by atoms with Crippen molar-refractivity contribution in [1.29, 1.82) is 0 Å². The van der Waals surface area contributed by atoms with E-state index in [1.54, 1.807) is 25.0 Å². The van der Waals surface area contributed by atoms with E-state index in [1.165, 1.54) is 0 Å². The molecule has 11 aromatic rings. The van der Waals surface area contributed by atoms with Crippen LogP contribution in [0.4, 0.5) is 0 Å². The maximum Gasteiger partial charge on any atom is 0.116 e. The molecule has 0 unspecified atom stereocenters. The van der Waals surface area contributed by atoms with Crippen LogP contribution in [0.15, 0.2) is 207 Å². The van der Waals surface area contributed by atoms with E-state index in [-0.39, 0.29) is 0 Å². The summed E-state index contributed by atoms with van der Waals surface area (Å²) < 4.78 is 0. The van der Waals surface area contributed by atoms with Crippen molar-refractivity contribution in [2.75, 3.05) is 0 Å². The molecule has 62 heavy (non-hydrogen) atoms. The molecule has 6 heterocycles. The quantitative estimate of drug-likeness (QED) is 0.140. The molecule has 0 saturated carbocycles. The molecule has 0 spiro atoms. The van der Waals surface area contributed by atoms with E-state index in [0.717, 1.165) is 112 Å². The summed E-state index contributed by atoms with van der Waals surface area (Å²) >= 11 is 0. The lowest BCUT2D eigenvalue weighted by molar-refractivity contribution is 1.17. The fourth-order valence-electron chi connectivity index (χ4n) is 8.11. The fourth-order valence-corrected chi connectivity index (χ4v) is 8.11. The minimum atomic E-state index is 0.793. The first-order valence-corrected chi connectivity index (χ1v) is 20.3. The van der Waals surface area contributed by atoms with Gasteiger partial charge in [0.15, 0.2) is 0 Å². The normalized spacial score (nSPS) is 11.2. The van der Waals surface area contributed by atoms with Crippen LogP contribution < -0.4 is 0 Å². The average Bonchev–Trinajstić information content (AvgIpc) is 3.37. The Labute approximate surface area is 357 Å². The first-order chi connectivity index (χ1) is 30.7. The first kappa shape index (κ1) is 36.5. The van der Waals surface area contributed by atoms with Gasteiger partial charge in [-0.1, -0.05) is 97.1 Å². The standard InChI is InChI=1S/C54H34N8/c1-3-23-57-47(17-1)39-13-7-15-41(29-39)51-31-45(35-9-5-11-37(27-35)49-21-25-55-33-59-49)43-19-20-44-46(36-10-6-12-38(28-36)50-22-26-56-34-60-50)32-52(62-54(44)53(43)61-51)42-16-8-14-40(30-42)48-18-2-4-24-58-48/h1-34H. The van der Waals surface area contributed by atoms with E-state index >= 15 is 0 Å². The third-order valence-corrected chi connectivity index (χ3v) is 11.1. The van der Waals surface area contributed by atoms with E-state index in [1.807, 2.05) is 60.9 Å². The molecule has 0 bridgehead atoms. The number of rotatable bonds is 8. The molecule has 8 heteroatoms. The Kier molecular flexibility index (Phi) is 9.33. The summed E-state index contributed by atoms with van der Waals surface area (Å²) in [6.07, 6.45) is 10.3. The van der Waals surface area contributed by atoms with Gasteiger partial charge in [0.25, 0.3) is 0 Å². The zero-order chi connectivity index (χ0) is 41.2.